The summed E-state index contributed by atoms with van der Waals surface area (Å²) in [6, 6.07) is -0.803. The number of hydrogen-bond acceptors (Lipinski definition) is 7. The summed E-state index contributed by atoms with van der Waals surface area (Å²) in [4.78, 5) is 28.4. The second kappa shape index (κ2) is 4.60. The van der Waals surface area contributed by atoms with E-state index in [1.54, 1.807) is 0 Å². The van der Waals surface area contributed by atoms with Crippen LogP contribution >= 0.6 is 0 Å². The third-order valence-corrected chi connectivity index (χ3v) is 2.04. The molecule has 0 aromatic carbocycles. The Balaban J connectivity index is 3.21. The number of amides is 1. The lowest BCUT2D eigenvalue weighted by Gasteiger charge is -2.11. The van der Waals surface area contributed by atoms with Crippen molar-refractivity contribution in [2.75, 3.05) is 11.1 Å². The molecule has 0 aliphatic carbocycles. The van der Waals surface area contributed by atoms with Crippen LogP contribution in [-0.2, 0) is 4.79 Å². The number of anilines is 2. The standard InChI is InChI=1S/C8H12N6O3/c1-3-5(14(16)17)7(13-8(10)12-3)11-4(2)6(9)15/h4H,1-2H3,(H2,9,15)(H3,10,11,12,13). The lowest BCUT2D eigenvalue weighted by atomic mass is 10.3. The molecule has 92 valence electrons. The fourth-order valence-corrected chi connectivity index (χ4v) is 1.18. The summed E-state index contributed by atoms with van der Waals surface area (Å²) in [7, 11) is 0. The van der Waals surface area contributed by atoms with Crippen molar-refractivity contribution in [3.8, 4) is 0 Å². The number of aryl methyl sites for hydroxylation is 1. The molecular weight excluding hydrogens is 228 g/mol. The molecule has 0 aliphatic heterocycles. The van der Waals surface area contributed by atoms with Crippen LogP contribution in [0.3, 0.4) is 0 Å². The van der Waals surface area contributed by atoms with Crippen LogP contribution in [0.15, 0.2) is 0 Å². The molecule has 1 heterocycles. The number of hydrogen-bond donors (Lipinski definition) is 3. The lowest BCUT2D eigenvalue weighted by molar-refractivity contribution is -0.385. The largest absolute Gasteiger partial charge is 0.368 e. The van der Waals surface area contributed by atoms with E-state index in [0.29, 0.717) is 0 Å². The van der Waals surface area contributed by atoms with Gasteiger partial charge in [-0.15, -0.1) is 0 Å². The van der Waals surface area contributed by atoms with E-state index in [2.05, 4.69) is 15.3 Å². The summed E-state index contributed by atoms with van der Waals surface area (Å²) in [5, 5.41) is 13.4. The zero-order valence-corrected chi connectivity index (χ0v) is 9.30. The average Bonchev–Trinajstić information content (AvgIpc) is 2.14. The number of nitrogens with two attached hydrogens (primary N) is 2. The van der Waals surface area contributed by atoms with E-state index in [9.17, 15) is 14.9 Å². The van der Waals surface area contributed by atoms with Gasteiger partial charge in [-0.1, -0.05) is 0 Å². The van der Waals surface area contributed by atoms with Gasteiger partial charge in [-0.05, 0) is 13.8 Å². The minimum atomic E-state index is -0.803. The predicted molar refractivity (Wildman–Crippen MR) is 60.1 cm³/mol. The second-order valence-corrected chi connectivity index (χ2v) is 3.39. The molecule has 0 radical (unpaired) electrons. The molecule has 9 heteroatoms. The molecule has 1 unspecified atom stereocenters. The molecule has 0 saturated heterocycles. The van der Waals surface area contributed by atoms with Gasteiger partial charge in [0.1, 0.15) is 11.7 Å². The Morgan fingerprint density at radius 1 is 1.53 bits per heavy atom. The van der Waals surface area contributed by atoms with Gasteiger partial charge in [0.05, 0.1) is 4.92 Å². The van der Waals surface area contributed by atoms with Crippen molar-refractivity contribution in [2.45, 2.75) is 19.9 Å². The van der Waals surface area contributed by atoms with Gasteiger partial charge < -0.3 is 16.8 Å². The molecule has 5 N–H and O–H groups in total. The highest BCUT2D eigenvalue weighted by molar-refractivity contribution is 5.83. The molecule has 0 spiro atoms. The van der Waals surface area contributed by atoms with E-state index in [0.717, 1.165) is 0 Å². The highest BCUT2D eigenvalue weighted by atomic mass is 16.6. The summed E-state index contributed by atoms with van der Waals surface area (Å²) in [6.45, 7) is 2.88. The molecule has 1 aromatic heterocycles. The lowest BCUT2D eigenvalue weighted by Crippen LogP contribution is -2.33. The molecular formula is C8H12N6O3. The fraction of sp³-hybridized carbons (Fsp3) is 0.375. The number of nitro groups is 1. The monoisotopic (exact) mass is 240 g/mol. The zero-order chi connectivity index (χ0) is 13.2. The maximum absolute atomic E-state index is 10.9. The van der Waals surface area contributed by atoms with Gasteiger partial charge in [-0.2, -0.15) is 4.98 Å². The van der Waals surface area contributed by atoms with E-state index in [4.69, 9.17) is 11.5 Å². The number of nitrogen functional groups attached to an aromatic ring is 1. The summed E-state index contributed by atoms with van der Waals surface area (Å²) in [5.41, 5.74) is 10.2. The first kappa shape index (κ1) is 12.6. The van der Waals surface area contributed by atoms with E-state index in [-0.39, 0.29) is 23.1 Å². The Bertz CT molecular complexity index is 475. The van der Waals surface area contributed by atoms with E-state index in [1.807, 2.05) is 0 Å². The van der Waals surface area contributed by atoms with Gasteiger partial charge in [0.2, 0.25) is 17.7 Å². The fourth-order valence-electron chi connectivity index (χ4n) is 1.18. The summed E-state index contributed by atoms with van der Waals surface area (Å²) >= 11 is 0. The Labute approximate surface area is 96.4 Å². The Kier molecular flexibility index (Phi) is 3.41. The quantitative estimate of drug-likeness (QED) is 0.476. The van der Waals surface area contributed by atoms with E-state index < -0.39 is 16.9 Å². The number of nitrogens with one attached hydrogen (secondary N) is 1. The maximum Gasteiger partial charge on any atom is 0.332 e. The Hall–Kier alpha value is -2.45. The van der Waals surface area contributed by atoms with Gasteiger partial charge >= 0.3 is 5.69 Å². The van der Waals surface area contributed by atoms with Gasteiger partial charge in [0, 0.05) is 0 Å². The van der Waals surface area contributed by atoms with Crippen molar-refractivity contribution in [3.63, 3.8) is 0 Å². The van der Waals surface area contributed by atoms with Gasteiger partial charge in [0.25, 0.3) is 0 Å². The van der Waals surface area contributed by atoms with Gasteiger partial charge in [0.15, 0.2) is 0 Å². The van der Waals surface area contributed by atoms with Crippen LogP contribution in [-0.4, -0.2) is 26.8 Å². The van der Waals surface area contributed by atoms with Crippen molar-refractivity contribution >= 4 is 23.4 Å². The number of rotatable bonds is 4. The first-order valence-corrected chi connectivity index (χ1v) is 4.67. The summed E-state index contributed by atoms with van der Waals surface area (Å²) in [6.07, 6.45) is 0. The van der Waals surface area contributed by atoms with Crippen LogP contribution in [0.1, 0.15) is 12.6 Å². The topological polar surface area (TPSA) is 150 Å². The number of carbonyl (C=O) groups excluding carboxylic acids is 1. The van der Waals surface area contributed by atoms with Crippen molar-refractivity contribution in [1.82, 2.24) is 9.97 Å². The third kappa shape index (κ3) is 2.77. The number of primary amides is 1. The molecule has 0 fully saturated rings. The second-order valence-electron chi connectivity index (χ2n) is 3.39. The van der Waals surface area contributed by atoms with Crippen LogP contribution in [0, 0.1) is 17.0 Å². The molecule has 1 rings (SSSR count). The summed E-state index contributed by atoms with van der Waals surface area (Å²) < 4.78 is 0. The van der Waals surface area contributed by atoms with Gasteiger partial charge in [-0.3, -0.25) is 14.9 Å². The minimum absolute atomic E-state index is 0.113. The SMILES string of the molecule is Cc1nc(N)nc(NC(C)C(N)=O)c1[N+](=O)[O-]. The highest BCUT2D eigenvalue weighted by Gasteiger charge is 2.23. The Morgan fingerprint density at radius 3 is 2.59 bits per heavy atom. The first-order chi connectivity index (χ1) is 7.82. The molecule has 0 aliphatic rings. The van der Waals surface area contributed by atoms with Gasteiger partial charge in [-0.25, -0.2) is 4.98 Å². The van der Waals surface area contributed by atoms with Crippen molar-refractivity contribution in [2.24, 2.45) is 5.73 Å². The first-order valence-electron chi connectivity index (χ1n) is 4.67. The van der Waals surface area contributed by atoms with Crippen LogP contribution in [0.25, 0.3) is 0 Å². The van der Waals surface area contributed by atoms with Crippen LogP contribution in [0.2, 0.25) is 0 Å². The predicted octanol–water partition coefficient (Wildman–Crippen LogP) is -0.439. The van der Waals surface area contributed by atoms with Crippen molar-refractivity contribution < 1.29 is 9.72 Å². The van der Waals surface area contributed by atoms with E-state index in [1.165, 1.54) is 13.8 Å². The molecule has 0 saturated carbocycles. The zero-order valence-electron chi connectivity index (χ0n) is 9.30. The van der Waals surface area contributed by atoms with Crippen LogP contribution in [0.5, 0.6) is 0 Å². The normalized spacial score (nSPS) is 11.9. The van der Waals surface area contributed by atoms with E-state index >= 15 is 0 Å². The van der Waals surface area contributed by atoms with Crippen LogP contribution in [0.4, 0.5) is 17.5 Å². The number of nitrogens with zero attached hydrogens (tertiary/aromatic N) is 3. The molecule has 1 amide bonds. The molecule has 0 bridgehead atoms. The van der Waals surface area contributed by atoms with Crippen molar-refractivity contribution in [1.29, 1.82) is 0 Å². The molecule has 17 heavy (non-hydrogen) atoms. The van der Waals surface area contributed by atoms with Crippen LogP contribution < -0.4 is 16.8 Å². The molecule has 1 atom stereocenters. The maximum atomic E-state index is 10.9. The highest BCUT2D eigenvalue weighted by Crippen LogP contribution is 2.26. The van der Waals surface area contributed by atoms with Crippen molar-refractivity contribution in [3.05, 3.63) is 15.8 Å². The number of aromatic nitrogens is 2. The Morgan fingerprint density at radius 2 is 2.12 bits per heavy atom. The number of carbonyl (C=O) groups is 1. The minimum Gasteiger partial charge on any atom is -0.368 e. The third-order valence-electron chi connectivity index (χ3n) is 2.04. The summed E-state index contributed by atoms with van der Waals surface area (Å²) in [5.74, 6) is -0.896. The average molecular weight is 240 g/mol. The molecule has 1 aromatic rings. The molecule has 9 nitrogen and oxygen atoms in total. The smallest absolute Gasteiger partial charge is 0.332 e.